The summed E-state index contributed by atoms with van der Waals surface area (Å²) in [6.07, 6.45) is 0. The van der Waals surface area contributed by atoms with Crippen LogP contribution >= 0.6 is 11.6 Å². The van der Waals surface area contributed by atoms with E-state index >= 15 is 0 Å². The number of benzene rings is 3. The zero-order chi connectivity index (χ0) is 20.9. The molecule has 1 aromatic heterocycles. The lowest BCUT2D eigenvalue weighted by molar-refractivity contribution is 0.102. The predicted molar refractivity (Wildman–Crippen MR) is 114 cm³/mol. The molecule has 4 aromatic rings. The first-order chi connectivity index (χ1) is 14.6. The van der Waals surface area contributed by atoms with Gasteiger partial charge in [-0.15, -0.1) is 5.10 Å². The number of aromatic nitrogens is 3. The first-order valence-corrected chi connectivity index (χ1v) is 9.55. The summed E-state index contributed by atoms with van der Waals surface area (Å²) in [5.74, 6) is -0.788. The average Bonchev–Trinajstić information content (AvgIpc) is 3.16. The molecule has 0 aliphatic heterocycles. The number of nitrogens with one attached hydrogen (secondary N) is 2. The first-order valence-electron chi connectivity index (χ1n) is 9.17. The molecule has 1 amide bonds. The number of carbonyl (C=O) groups is 1. The Morgan fingerprint density at radius 1 is 0.967 bits per heavy atom. The highest BCUT2D eigenvalue weighted by Gasteiger charge is 2.17. The molecular weight excluding hydrogens is 405 g/mol. The molecular formula is C22H17ClFN5O. The van der Waals surface area contributed by atoms with Crippen molar-refractivity contribution in [2.45, 2.75) is 6.54 Å². The normalized spacial score (nSPS) is 10.6. The summed E-state index contributed by atoms with van der Waals surface area (Å²) in [5.41, 5.74) is 1.55. The second kappa shape index (κ2) is 8.75. The number of nitrogens with zero attached hydrogens (tertiary/aromatic N) is 3. The fraction of sp³-hybridized carbons (Fsp3) is 0.0455. The highest BCUT2D eigenvalue weighted by atomic mass is 35.5. The van der Waals surface area contributed by atoms with Gasteiger partial charge in [0.2, 0.25) is 5.95 Å². The number of anilines is 2. The summed E-state index contributed by atoms with van der Waals surface area (Å²) in [4.78, 5) is 16.8. The van der Waals surface area contributed by atoms with Crippen LogP contribution < -0.4 is 10.6 Å². The zero-order valence-electron chi connectivity index (χ0n) is 15.7. The van der Waals surface area contributed by atoms with Crippen molar-refractivity contribution >= 4 is 29.4 Å². The van der Waals surface area contributed by atoms with Crippen molar-refractivity contribution < 1.29 is 9.18 Å². The van der Waals surface area contributed by atoms with Crippen molar-refractivity contribution in [3.05, 3.63) is 101 Å². The van der Waals surface area contributed by atoms with E-state index in [0.717, 1.165) is 11.3 Å². The molecule has 6 nitrogen and oxygen atoms in total. The molecule has 0 saturated carbocycles. The lowest BCUT2D eigenvalue weighted by Gasteiger charge is -2.09. The summed E-state index contributed by atoms with van der Waals surface area (Å²) in [5, 5.41) is 10.7. The molecule has 0 aliphatic carbocycles. The zero-order valence-corrected chi connectivity index (χ0v) is 16.5. The Kier molecular flexibility index (Phi) is 5.72. The fourth-order valence-electron chi connectivity index (χ4n) is 2.86. The van der Waals surface area contributed by atoms with E-state index in [0.29, 0.717) is 17.5 Å². The van der Waals surface area contributed by atoms with Crippen LogP contribution in [0.3, 0.4) is 0 Å². The maximum Gasteiger partial charge on any atom is 0.261 e. The molecule has 150 valence electrons. The number of amides is 1. The van der Waals surface area contributed by atoms with Crippen molar-refractivity contribution in [1.82, 2.24) is 14.8 Å². The Labute approximate surface area is 177 Å². The molecule has 0 bridgehead atoms. The van der Waals surface area contributed by atoms with Crippen LogP contribution in [0, 0.1) is 5.82 Å². The molecule has 0 radical (unpaired) electrons. The molecule has 0 unspecified atom stereocenters. The van der Waals surface area contributed by atoms with Gasteiger partial charge < -0.3 is 5.32 Å². The fourth-order valence-corrected chi connectivity index (χ4v) is 3.06. The topological polar surface area (TPSA) is 71.8 Å². The van der Waals surface area contributed by atoms with Gasteiger partial charge in [0.15, 0.2) is 0 Å². The predicted octanol–water partition coefficient (Wildman–Crippen LogP) is 4.92. The van der Waals surface area contributed by atoms with E-state index in [4.69, 9.17) is 11.6 Å². The average molecular weight is 422 g/mol. The van der Waals surface area contributed by atoms with Gasteiger partial charge in [0.05, 0.1) is 11.3 Å². The Morgan fingerprint density at radius 3 is 2.43 bits per heavy atom. The number of hydrogen-bond acceptors (Lipinski definition) is 4. The lowest BCUT2D eigenvalue weighted by atomic mass is 10.2. The summed E-state index contributed by atoms with van der Waals surface area (Å²) in [6.45, 7) is 0.409. The Balaban J connectivity index is 1.62. The molecule has 0 aliphatic rings. The molecule has 1 heterocycles. The van der Waals surface area contributed by atoms with Gasteiger partial charge in [-0.25, -0.2) is 4.39 Å². The third-order valence-electron chi connectivity index (χ3n) is 4.35. The summed E-state index contributed by atoms with van der Waals surface area (Å²) in [7, 11) is 0. The highest BCUT2D eigenvalue weighted by Crippen LogP contribution is 2.20. The first kappa shape index (κ1) is 19.6. The van der Waals surface area contributed by atoms with E-state index in [1.807, 2.05) is 48.5 Å². The standard InChI is InChI=1S/C22H17ClFN5O/c23-18-12-6-4-8-15(18)14-25-22-27-21(28-29(22)16-9-2-1-3-10-16)26-20(30)17-11-5-7-13-19(17)24/h1-13H,14H2,(H2,25,26,27,28,30). The van der Waals surface area contributed by atoms with Crippen molar-refractivity contribution in [1.29, 1.82) is 0 Å². The second-order valence-corrected chi connectivity index (χ2v) is 6.79. The van der Waals surface area contributed by atoms with Crippen molar-refractivity contribution in [3.63, 3.8) is 0 Å². The van der Waals surface area contributed by atoms with E-state index in [2.05, 4.69) is 20.7 Å². The monoisotopic (exact) mass is 421 g/mol. The number of hydrogen-bond donors (Lipinski definition) is 2. The van der Waals surface area contributed by atoms with Crippen LogP contribution in [0.2, 0.25) is 5.02 Å². The van der Waals surface area contributed by atoms with Crippen LogP contribution in [0.15, 0.2) is 78.9 Å². The van der Waals surface area contributed by atoms with Crippen molar-refractivity contribution in [2.24, 2.45) is 0 Å². The third kappa shape index (κ3) is 4.31. The Morgan fingerprint density at radius 2 is 1.67 bits per heavy atom. The minimum absolute atomic E-state index is 0.0498. The SMILES string of the molecule is O=C(Nc1nc(NCc2ccccc2Cl)n(-c2ccccc2)n1)c1ccccc1F. The van der Waals surface area contributed by atoms with E-state index in [1.54, 1.807) is 16.8 Å². The van der Waals surface area contributed by atoms with Gasteiger partial charge in [0, 0.05) is 11.6 Å². The largest absolute Gasteiger partial charge is 0.350 e. The van der Waals surface area contributed by atoms with Gasteiger partial charge in [-0.05, 0) is 35.9 Å². The van der Waals surface area contributed by atoms with Gasteiger partial charge >= 0.3 is 0 Å². The number of para-hydroxylation sites is 1. The molecule has 0 fully saturated rings. The lowest BCUT2D eigenvalue weighted by Crippen LogP contribution is -2.14. The number of rotatable bonds is 6. The van der Waals surface area contributed by atoms with Crippen molar-refractivity contribution in [3.8, 4) is 5.69 Å². The third-order valence-corrected chi connectivity index (χ3v) is 4.72. The smallest absolute Gasteiger partial charge is 0.261 e. The summed E-state index contributed by atoms with van der Waals surface area (Å²) < 4.78 is 15.5. The maximum atomic E-state index is 13.9. The van der Waals surface area contributed by atoms with Crippen LogP contribution in [0.4, 0.5) is 16.3 Å². The highest BCUT2D eigenvalue weighted by molar-refractivity contribution is 6.31. The number of halogens is 2. The van der Waals surface area contributed by atoms with Crippen LogP contribution in [-0.4, -0.2) is 20.7 Å². The quantitative estimate of drug-likeness (QED) is 0.463. The van der Waals surface area contributed by atoms with Crippen LogP contribution in [0.25, 0.3) is 5.69 Å². The van der Waals surface area contributed by atoms with E-state index in [9.17, 15) is 9.18 Å². The van der Waals surface area contributed by atoms with Gasteiger partial charge in [-0.2, -0.15) is 9.67 Å². The number of carbonyl (C=O) groups excluding carboxylic acids is 1. The van der Waals surface area contributed by atoms with E-state index in [-0.39, 0.29) is 11.5 Å². The molecule has 0 saturated heterocycles. The summed E-state index contributed by atoms with van der Waals surface area (Å²) >= 11 is 6.23. The molecule has 4 rings (SSSR count). The van der Waals surface area contributed by atoms with Crippen LogP contribution in [0.5, 0.6) is 0 Å². The minimum atomic E-state index is -0.629. The maximum absolute atomic E-state index is 13.9. The van der Waals surface area contributed by atoms with Gasteiger partial charge in [0.1, 0.15) is 5.82 Å². The van der Waals surface area contributed by atoms with E-state index < -0.39 is 11.7 Å². The molecule has 8 heteroatoms. The molecule has 0 atom stereocenters. The second-order valence-electron chi connectivity index (χ2n) is 6.39. The summed E-state index contributed by atoms with van der Waals surface area (Å²) in [6, 6.07) is 22.5. The van der Waals surface area contributed by atoms with Crippen LogP contribution in [-0.2, 0) is 6.54 Å². The van der Waals surface area contributed by atoms with Gasteiger partial charge in [-0.1, -0.05) is 60.1 Å². The van der Waals surface area contributed by atoms with Gasteiger partial charge in [-0.3, -0.25) is 10.1 Å². The van der Waals surface area contributed by atoms with Crippen LogP contribution in [0.1, 0.15) is 15.9 Å². The molecule has 2 N–H and O–H groups in total. The Hall–Kier alpha value is -3.71. The molecule has 3 aromatic carbocycles. The van der Waals surface area contributed by atoms with E-state index in [1.165, 1.54) is 18.2 Å². The molecule has 30 heavy (non-hydrogen) atoms. The minimum Gasteiger partial charge on any atom is -0.350 e. The molecule has 0 spiro atoms. The van der Waals surface area contributed by atoms with Crippen molar-refractivity contribution in [2.75, 3.05) is 10.6 Å². The Bertz CT molecular complexity index is 1180. The van der Waals surface area contributed by atoms with Gasteiger partial charge in [0.25, 0.3) is 11.9 Å².